The van der Waals surface area contributed by atoms with E-state index < -0.39 is 41.7 Å². The summed E-state index contributed by atoms with van der Waals surface area (Å²) in [5.41, 5.74) is -14.7. The molecule has 0 aromatic heterocycles. The standard InChI is InChI=1S/C8HF13/c1-2-3(9,6(13,14)15)5(11,12)4(10,7(16,17)18)8(19,20)21/h1H/t3-/m1/s1. The summed E-state index contributed by atoms with van der Waals surface area (Å²) >= 11 is 0. The van der Waals surface area contributed by atoms with Crippen LogP contribution in [0.5, 0.6) is 0 Å². The van der Waals surface area contributed by atoms with Crippen LogP contribution in [-0.2, 0) is 0 Å². The molecule has 0 amide bonds. The van der Waals surface area contributed by atoms with Gasteiger partial charge in [0, 0.05) is 0 Å². The summed E-state index contributed by atoms with van der Waals surface area (Å²) < 4.78 is 160. The van der Waals surface area contributed by atoms with Gasteiger partial charge in [0.25, 0.3) is 0 Å². The minimum Gasteiger partial charge on any atom is -0.216 e. The molecule has 0 radical (unpaired) electrons. The van der Waals surface area contributed by atoms with Gasteiger partial charge in [0.1, 0.15) is 0 Å². The van der Waals surface area contributed by atoms with Crippen LogP contribution in [0.4, 0.5) is 57.1 Å². The first-order valence-electron chi connectivity index (χ1n) is 4.25. The first-order valence-corrected chi connectivity index (χ1v) is 4.25. The van der Waals surface area contributed by atoms with Gasteiger partial charge in [0.05, 0.1) is 0 Å². The Labute approximate surface area is 106 Å². The van der Waals surface area contributed by atoms with Crippen LogP contribution in [0.2, 0.25) is 0 Å². The molecule has 0 N–H and O–H groups in total. The van der Waals surface area contributed by atoms with Crippen LogP contribution in [0.25, 0.3) is 0 Å². The summed E-state index contributed by atoms with van der Waals surface area (Å²) in [6.45, 7) is 0. The lowest BCUT2D eigenvalue weighted by molar-refractivity contribution is -0.427. The summed E-state index contributed by atoms with van der Waals surface area (Å²) in [6.07, 6.45) is -18.7. The molecule has 1 atom stereocenters. The predicted octanol–water partition coefficient (Wildman–Crippen LogP) is 4.36. The van der Waals surface area contributed by atoms with Gasteiger partial charge >= 0.3 is 35.8 Å². The predicted molar refractivity (Wildman–Crippen MR) is 39.6 cm³/mol. The molecule has 0 unspecified atom stereocenters. The number of terminal acetylenes is 1. The van der Waals surface area contributed by atoms with E-state index in [0.29, 0.717) is 0 Å². The number of hydrogen-bond donors (Lipinski definition) is 0. The van der Waals surface area contributed by atoms with Gasteiger partial charge in [0.15, 0.2) is 0 Å². The molecule has 0 spiro atoms. The summed E-state index contributed by atoms with van der Waals surface area (Å²) in [4.78, 5) is 0. The fourth-order valence-electron chi connectivity index (χ4n) is 1.10. The Hall–Kier alpha value is -1.35. The topological polar surface area (TPSA) is 0 Å². The van der Waals surface area contributed by atoms with E-state index in [0.717, 1.165) is 0 Å². The van der Waals surface area contributed by atoms with Gasteiger partial charge in [-0.1, -0.05) is 0 Å². The van der Waals surface area contributed by atoms with Crippen molar-refractivity contribution in [3.8, 4) is 12.3 Å². The molecule has 0 aromatic carbocycles. The van der Waals surface area contributed by atoms with E-state index >= 15 is 0 Å². The SMILES string of the molecule is C#C[C@](F)(C(F)(F)F)C(F)(F)C(F)(C(F)(F)F)C(F)(F)F. The largest absolute Gasteiger partial charge is 0.440 e. The van der Waals surface area contributed by atoms with E-state index in [4.69, 9.17) is 0 Å². The number of rotatable bonds is 2. The maximum atomic E-state index is 13.0. The lowest BCUT2D eigenvalue weighted by Gasteiger charge is -2.41. The monoisotopic (exact) mass is 344 g/mol. The van der Waals surface area contributed by atoms with Crippen LogP contribution < -0.4 is 0 Å². The molecular weight excluding hydrogens is 343 g/mol. The van der Waals surface area contributed by atoms with E-state index in [1.807, 2.05) is 0 Å². The first kappa shape index (κ1) is 19.7. The maximum Gasteiger partial charge on any atom is 0.440 e. The summed E-state index contributed by atoms with van der Waals surface area (Å²) in [6, 6.07) is 0. The molecule has 124 valence electrons. The second-order valence-corrected chi connectivity index (χ2v) is 3.53. The Kier molecular flexibility index (Phi) is 4.28. The fraction of sp³-hybridized carbons (Fsp3) is 0.750. The number of halogens is 13. The third-order valence-electron chi connectivity index (χ3n) is 2.24. The molecule has 21 heavy (non-hydrogen) atoms. The van der Waals surface area contributed by atoms with Crippen LogP contribution in [0.15, 0.2) is 0 Å². The first-order chi connectivity index (χ1) is 8.81. The van der Waals surface area contributed by atoms with Gasteiger partial charge in [-0.2, -0.15) is 48.3 Å². The summed E-state index contributed by atoms with van der Waals surface area (Å²) in [5, 5.41) is 0. The Bertz CT molecular complexity index is 415. The molecule has 0 saturated carbocycles. The zero-order chi connectivity index (χ0) is 17.7. The number of hydrogen-bond acceptors (Lipinski definition) is 0. The zero-order valence-corrected chi connectivity index (χ0v) is 8.99. The third-order valence-corrected chi connectivity index (χ3v) is 2.24. The molecule has 0 aromatic rings. The van der Waals surface area contributed by atoms with Crippen molar-refractivity contribution in [3.05, 3.63) is 0 Å². The molecule has 0 bridgehead atoms. The highest BCUT2D eigenvalue weighted by molar-refractivity contribution is 5.26. The lowest BCUT2D eigenvalue weighted by atomic mass is 9.83. The molecule has 0 aliphatic carbocycles. The Morgan fingerprint density at radius 3 is 0.952 bits per heavy atom. The van der Waals surface area contributed by atoms with E-state index in [-0.39, 0.29) is 0 Å². The van der Waals surface area contributed by atoms with Crippen molar-refractivity contribution in [2.45, 2.75) is 35.8 Å². The Balaban J connectivity index is 6.63. The normalized spacial score (nSPS) is 18.1. The quantitative estimate of drug-likeness (QED) is 0.516. The molecule has 13 heteroatoms. The van der Waals surface area contributed by atoms with E-state index in [2.05, 4.69) is 6.42 Å². The van der Waals surface area contributed by atoms with Crippen molar-refractivity contribution >= 4 is 0 Å². The molecule has 0 aliphatic rings. The van der Waals surface area contributed by atoms with Gasteiger partial charge in [-0.3, -0.25) is 0 Å². The second-order valence-electron chi connectivity index (χ2n) is 3.53. The van der Waals surface area contributed by atoms with Crippen molar-refractivity contribution in [1.29, 1.82) is 0 Å². The molecule has 0 saturated heterocycles. The van der Waals surface area contributed by atoms with Gasteiger partial charge in [0.2, 0.25) is 0 Å². The average molecular weight is 344 g/mol. The van der Waals surface area contributed by atoms with Gasteiger partial charge in [-0.05, 0) is 5.92 Å². The van der Waals surface area contributed by atoms with Crippen LogP contribution in [0.1, 0.15) is 0 Å². The molecule has 0 aliphatic heterocycles. The number of alkyl halides is 13. The molecular formula is C8HF13. The van der Waals surface area contributed by atoms with Crippen LogP contribution in [-0.4, -0.2) is 35.8 Å². The molecule has 0 fully saturated rings. The Morgan fingerprint density at radius 2 is 0.810 bits per heavy atom. The Morgan fingerprint density at radius 1 is 0.524 bits per heavy atom. The van der Waals surface area contributed by atoms with Crippen LogP contribution in [0.3, 0.4) is 0 Å². The summed E-state index contributed by atoms with van der Waals surface area (Å²) in [5.74, 6) is -8.31. The van der Waals surface area contributed by atoms with Crippen LogP contribution >= 0.6 is 0 Å². The van der Waals surface area contributed by atoms with E-state index in [9.17, 15) is 57.1 Å². The minimum absolute atomic E-state index is 0.573. The van der Waals surface area contributed by atoms with Gasteiger partial charge < -0.3 is 0 Å². The smallest absolute Gasteiger partial charge is 0.216 e. The van der Waals surface area contributed by atoms with Crippen LogP contribution in [0, 0.1) is 12.3 Å². The highest BCUT2D eigenvalue weighted by Gasteiger charge is 2.92. The van der Waals surface area contributed by atoms with Crippen molar-refractivity contribution in [2.75, 3.05) is 0 Å². The van der Waals surface area contributed by atoms with E-state index in [1.54, 1.807) is 0 Å². The molecule has 0 nitrogen and oxygen atoms in total. The lowest BCUT2D eigenvalue weighted by Crippen LogP contribution is -2.73. The second kappa shape index (κ2) is 4.57. The third kappa shape index (κ3) is 2.38. The fourth-order valence-corrected chi connectivity index (χ4v) is 1.10. The highest BCUT2D eigenvalue weighted by Crippen LogP contribution is 2.61. The average Bonchev–Trinajstić information content (AvgIpc) is 2.21. The van der Waals surface area contributed by atoms with Crippen molar-refractivity contribution < 1.29 is 57.1 Å². The van der Waals surface area contributed by atoms with E-state index in [1.165, 1.54) is 0 Å². The maximum absolute atomic E-state index is 13.0. The van der Waals surface area contributed by atoms with Crippen molar-refractivity contribution in [2.24, 2.45) is 0 Å². The van der Waals surface area contributed by atoms with Gasteiger partial charge in [-0.25, -0.2) is 8.78 Å². The van der Waals surface area contributed by atoms with Gasteiger partial charge in [-0.15, -0.1) is 6.42 Å². The molecule has 0 rings (SSSR count). The summed E-state index contributed by atoms with van der Waals surface area (Å²) in [7, 11) is 0. The zero-order valence-electron chi connectivity index (χ0n) is 8.99. The molecule has 0 heterocycles. The van der Waals surface area contributed by atoms with Crippen molar-refractivity contribution in [1.82, 2.24) is 0 Å². The highest BCUT2D eigenvalue weighted by atomic mass is 19.4. The van der Waals surface area contributed by atoms with Crippen molar-refractivity contribution in [3.63, 3.8) is 0 Å². The minimum atomic E-state index is -7.86.